The summed E-state index contributed by atoms with van der Waals surface area (Å²) in [7, 11) is 0. The molecule has 0 saturated carbocycles. The highest BCUT2D eigenvalue weighted by molar-refractivity contribution is 6.30. The summed E-state index contributed by atoms with van der Waals surface area (Å²) in [6.07, 6.45) is 2.29. The van der Waals surface area contributed by atoms with Gasteiger partial charge in [-0.2, -0.15) is 10.4 Å². The molecule has 0 aliphatic heterocycles. The van der Waals surface area contributed by atoms with Crippen LogP contribution in [0.15, 0.2) is 24.3 Å². The Bertz CT molecular complexity index is 776. The van der Waals surface area contributed by atoms with E-state index in [1.54, 1.807) is 0 Å². The van der Waals surface area contributed by atoms with E-state index in [4.69, 9.17) is 16.9 Å². The third kappa shape index (κ3) is 5.61. The summed E-state index contributed by atoms with van der Waals surface area (Å²) >= 11 is 5.95. The fourth-order valence-corrected chi connectivity index (χ4v) is 3.05. The first kappa shape index (κ1) is 19.0. The minimum absolute atomic E-state index is 0.0330. The van der Waals surface area contributed by atoms with Crippen molar-refractivity contribution in [3.63, 3.8) is 0 Å². The normalized spacial score (nSPS) is 10.5. The second kappa shape index (κ2) is 9.24. The monoisotopic (exact) mass is 358 g/mol. The first-order valence-electron chi connectivity index (χ1n) is 8.42. The molecular weight excluding hydrogens is 336 g/mol. The molecule has 0 aliphatic carbocycles. The molecular formula is C19H23ClN4O. The van der Waals surface area contributed by atoms with Crippen LogP contribution in [0.3, 0.4) is 0 Å². The Morgan fingerprint density at radius 2 is 2.16 bits per heavy atom. The zero-order valence-electron chi connectivity index (χ0n) is 14.7. The van der Waals surface area contributed by atoms with Crippen molar-refractivity contribution < 1.29 is 4.79 Å². The number of hydrogen-bond acceptors (Lipinski definition) is 3. The van der Waals surface area contributed by atoms with Crippen molar-refractivity contribution in [3.8, 4) is 6.07 Å². The number of rotatable bonds is 8. The second-order valence-electron chi connectivity index (χ2n) is 6.01. The summed E-state index contributed by atoms with van der Waals surface area (Å²) in [6.45, 7) is 5.12. The Hall–Kier alpha value is -2.32. The lowest BCUT2D eigenvalue weighted by molar-refractivity contribution is -0.121. The molecule has 0 bridgehead atoms. The van der Waals surface area contributed by atoms with Crippen LogP contribution in [0.2, 0.25) is 5.02 Å². The lowest BCUT2D eigenvalue weighted by atomic mass is 10.1. The largest absolute Gasteiger partial charge is 0.356 e. The van der Waals surface area contributed by atoms with E-state index in [1.807, 2.05) is 42.8 Å². The molecule has 0 unspecified atom stereocenters. The van der Waals surface area contributed by atoms with Gasteiger partial charge in [-0.3, -0.25) is 9.48 Å². The number of nitriles is 1. The number of nitrogens with one attached hydrogen (secondary N) is 1. The van der Waals surface area contributed by atoms with E-state index >= 15 is 0 Å². The van der Waals surface area contributed by atoms with Crippen LogP contribution < -0.4 is 5.32 Å². The molecule has 0 radical (unpaired) electrons. The molecule has 1 aromatic carbocycles. The molecule has 2 aromatic rings. The van der Waals surface area contributed by atoms with Gasteiger partial charge in [0.25, 0.3) is 0 Å². The van der Waals surface area contributed by atoms with Crippen molar-refractivity contribution in [3.05, 3.63) is 51.8 Å². The number of hydrogen-bond donors (Lipinski definition) is 1. The molecule has 0 atom stereocenters. The summed E-state index contributed by atoms with van der Waals surface area (Å²) in [5.74, 6) is 0.0330. The van der Waals surface area contributed by atoms with Crippen LogP contribution >= 0.6 is 11.6 Å². The van der Waals surface area contributed by atoms with Gasteiger partial charge in [0.2, 0.25) is 5.91 Å². The molecule has 1 amide bonds. The average molecular weight is 359 g/mol. The van der Waals surface area contributed by atoms with Crippen LogP contribution in [0.4, 0.5) is 0 Å². The molecule has 0 saturated heterocycles. The fraction of sp³-hybridized carbons (Fsp3) is 0.421. The van der Waals surface area contributed by atoms with Gasteiger partial charge in [-0.1, -0.05) is 23.7 Å². The molecule has 1 N–H and O–H groups in total. The van der Waals surface area contributed by atoms with E-state index < -0.39 is 0 Å². The van der Waals surface area contributed by atoms with Gasteiger partial charge in [-0.05, 0) is 49.9 Å². The summed E-state index contributed by atoms with van der Waals surface area (Å²) in [4.78, 5) is 12.1. The van der Waals surface area contributed by atoms with Crippen molar-refractivity contribution in [1.82, 2.24) is 15.1 Å². The summed E-state index contributed by atoms with van der Waals surface area (Å²) < 4.78 is 1.85. The molecule has 5 nitrogen and oxygen atoms in total. The number of aryl methyl sites for hydroxylation is 2. The molecule has 2 rings (SSSR count). The second-order valence-corrected chi connectivity index (χ2v) is 6.45. The van der Waals surface area contributed by atoms with E-state index in [-0.39, 0.29) is 5.91 Å². The number of halogens is 1. The number of carbonyl (C=O) groups excluding carboxylic acids is 1. The average Bonchev–Trinajstić information content (AvgIpc) is 2.85. The maximum absolute atomic E-state index is 12.1. The van der Waals surface area contributed by atoms with Crippen LogP contribution in [-0.4, -0.2) is 22.2 Å². The third-order valence-corrected chi connectivity index (χ3v) is 4.43. The van der Waals surface area contributed by atoms with E-state index in [1.165, 1.54) is 0 Å². The third-order valence-electron chi connectivity index (χ3n) is 4.19. The van der Waals surface area contributed by atoms with Crippen LogP contribution in [0.5, 0.6) is 0 Å². The van der Waals surface area contributed by atoms with Gasteiger partial charge in [-0.15, -0.1) is 0 Å². The van der Waals surface area contributed by atoms with E-state index in [2.05, 4.69) is 16.5 Å². The first-order valence-corrected chi connectivity index (χ1v) is 8.80. The van der Waals surface area contributed by atoms with Crippen LogP contribution in [-0.2, 0) is 24.2 Å². The van der Waals surface area contributed by atoms with Gasteiger partial charge in [0.1, 0.15) is 0 Å². The fourth-order valence-electron chi connectivity index (χ4n) is 2.84. The molecule has 6 heteroatoms. The molecule has 0 fully saturated rings. The van der Waals surface area contributed by atoms with Crippen molar-refractivity contribution in [1.29, 1.82) is 5.26 Å². The van der Waals surface area contributed by atoms with Crippen LogP contribution in [0, 0.1) is 25.2 Å². The maximum Gasteiger partial charge on any atom is 0.220 e. The van der Waals surface area contributed by atoms with Crippen molar-refractivity contribution in [2.75, 3.05) is 6.54 Å². The van der Waals surface area contributed by atoms with Gasteiger partial charge >= 0.3 is 0 Å². The first-order chi connectivity index (χ1) is 12.0. The number of benzene rings is 1. The summed E-state index contributed by atoms with van der Waals surface area (Å²) in [5, 5.41) is 16.8. The van der Waals surface area contributed by atoms with Crippen LogP contribution in [0.1, 0.15) is 35.4 Å². The number of nitrogens with zero attached hydrogens (tertiary/aromatic N) is 3. The van der Waals surface area contributed by atoms with E-state index in [0.717, 1.165) is 28.9 Å². The summed E-state index contributed by atoms with van der Waals surface area (Å²) in [5.41, 5.74) is 4.18. The Morgan fingerprint density at radius 3 is 2.88 bits per heavy atom. The highest BCUT2D eigenvalue weighted by Gasteiger charge is 2.12. The molecule has 132 valence electrons. The minimum Gasteiger partial charge on any atom is -0.356 e. The van der Waals surface area contributed by atoms with Crippen LogP contribution in [0.25, 0.3) is 0 Å². The Morgan fingerprint density at radius 1 is 1.36 bits per heavy atom. The van der Waals surface area contributed by atoms with E-state index in [0.29, 0.717) is 37.4 Å². The van der Waals surface area contributed by atoms with Gasteiger partial charge < -0.3 is 5.32 Å². The topological polar surface area (TPSA) is 70.7 Å². The zero-order chi connectivity index (χ0) is 18.2. The Kier molecular flexibility index (Phi) is 7.03. The highest BCUT2D eigenvalue weighted by atomic mass is 35.5. The smallest absolute Gasteiger partial charge is 0.220 e. The molecule has 25 heavy (non-hydrogen) atoms. The highest BCUT2D eigenvalue weighted by Crippen LogP contribution is 2.15. The number of aromatic nitrogens is 2. The molecule has 0 spiro atoms. The van der Waals surface area contributed by atoms with Gasteiger partial charge in [-0.25, -0.2) is 0 Å². The van der Waals surface area contributed by atoms with Crippen molar-refractivity contribution >= 4 is 17.5 Å². The SMILES string of the molecule is Cc1nn(CCC#N)c(C)c1CCC(=O)NCCc1cccc(Cl)c1. The quantitative estimate of drug-likeness (QED) is 0.786. The van der Waals surface area contributed by atoms with Crippen molar-refractivity contribution in [2.24, 2.45) is 0 Å². The van der Waals surface area contributed by atoms with Crippen molar-refractivity contribution in [2.45, 2.75) is 46.1 Å². The maximum atomic E-state index is 12.1. The number of amides is 1. The van der Waals surface area contributed by atoms with Gasteiger partial charge in [0.15, 0.2) is 0 Å². The standard InChI is InChI=1S/C19H23ClN4O/c1-14-18(15(2)24(23-14)12-4-10-21)7-8-19(25)22-11-9-16-5-3-6-17(20)13-16/h3,5-6,13H,4,7-9,11-12H2,1-2H3,(H,22,25). The number of carbonyl (C=O) groups is 1. The van der Waals surface area contributed by atoms with Gasteiger partial charge in [0.05, 0.1) is 24.7 Å². The predicted molar refractivity (Wildman–Crippen MR) is 98.4 cm³/mol. The molecule has 1 heterocycles. The summed E-state index contributed by atoms with van der Waals surface area (Å²) in [6, 6.07) is 9.79. The zero-order valence-corrected chi connectivity index (χ0v) is 15.4. The Labute approximate surface area is 153 Å². The predicted octanol–water partition coefficient (Wildman–Crippen LogP) is 3.36. The molecule has 0 aliphatic rings. The molecule has 1 aromatic heterocycles. The lowest BCUT2D eigenvalue weighted by Crippen LogP contribution is -2.26. The Balaban J connectivity index is 1.80. The lowest BCUT2D eigenvalue weighted by Gasteiger charge is -2.07. The van der Waals surface area contributed by atoms with Gasteiger partial charge in [0, 0.05) is 23.7 Å². The minimum atomic E-state index is 0.0330. The van der Waals surface area contributed by atoms with E-state index in [9.17, 15) is 4.79 Å².